The van der Waals surface area contributed by atoms with Crippen molar-refractivity contribution in [2.45, 2.75) is 12.7 Å². The lowest BCUT2D eigenvalue weighted by Crippen LogP contribution is -2.38. The number of nitrogens with one attached hydrogen (secondary N) is 1. The maximum atomic E-state index is 13.0. The fraction of sp³-hybridized carbons (Fsp3) is 0.222. The van der Waals surface area contributed by atoms with E-state index in [-0.39, 0.29) is 12.1 Å². The van der Waals surface area contributed by atoms with Gasteiger partial charge in [-0.1, -0.05) is 12.1 Å². The molecule has 0 bridgehead atoms. The second kappa shape index (κ2) is 8.03. The Kier molecular flexibility index (Phi) is 5.69. The lowest BCUT2D eigenvalue weighted by atomic mass is 10.1. The zero-order chi connectivity index (χ0) is 21.2. The molecule has 2 heterocycles. The molecule has 0 aliphatic rings. The molecule has 0 radical (unpaired) electrons. The van der Waals surface area contributed by atoms with E-state index in [0.717, 1.165) is 21.6 Å². The van der Waals surface area contributed by atoms with Gasteiger partial charge in [0.2, 0.25) is 11.8 Å². The number of hydrogen-bond donors (Lipinski definition) is 1. The van der Waals surface area contributed by atoms with Crippen molar-refractivity contribution in [3.05, 3.63) is 58.0 Å². The van der Waals surface area contributed by atoms with Crippen molar-refractivity contribution >= 4 is 39.1 Å². The van der Waals surface area contributed by atoms with Gasteiger partial charge < -0.3 is 10.2 Å². The van der Waals surface area contributed by atoms with E-state index in [9.17, 15) is 27.6 Å². The zero-order valence-electron chi connectivity index (χ0n) is 15.1. The highest BCUT2D eigenvalue weighted by atomic mass is 32.1. The minimum absolute atomic E-state index is 0.347. The van der Waals surface area contributed by atoms with Crippen LogP contribution in [-0.2, 0) is 22.3 Å². The first-order chi connectivity index (χ1) is 13.7. The molecule has 0 unspecified atom stereocenters. The van der Waals surface area contributed by atoms with E-state index in [4.69, 9.17) is 0 Å². The van der Waals surface area contributed by atoms with Gasteiger partial charge in [0.25, 0.3) is 5.56 Å². The number of anilines is 1. The Morgan fingerprint density at radius 1 is 1.24 bits per heavy atom. The van der Waals surface area contributed by atoms with Crippen LogP contribution in [0.3, 0.4) is 0 Å². The van der Waals surface area contributed by atoms with Crippen LogP contribution in [0.4, 0.5) is 18.9 Å². The van der Waals surface area contributed by atoms with Crippen LogP contribution < -0.4 is 10.9 Å². The van der Waals surface area contributed by atoms with Crippen LogP contribution >= 0.6 is 11.3 Å². The van der Waals surface area contributed by atoms with E-state index in [0.29, 0.717) is 10.2 Å². The standard InChI is InChI=1S/C18H15F3N4O3S/c1-24(8-14(26)23-13-5-3-2-4-12(13)18(19,20)21)15(27)9-25-10-22-16-11(17(25)28)6-7-29-16/h2-7,10H,8-9H2,1H3,(H,23,26). The van der Waals surface area contributed by atoms with Crippen molar-refractivity contribution in [2.24, 2.45) is 0 Å². The van der Waals surface area contributed by atoms with Crippen molar-refractivity contribution in [1.82, 2.24) is 14.5 Å². The number of amides is 2. The highest BCUT2D eigenvalue weighted by Gasteiger charge is 2.33. The number of nitrogens with zero attached hydrogens (tertiary/aromatic N) is 3. The number of rotatable bonds is 5. The SMILES string of the molecule is CN(CC(=O)Nc1ccccc1C(F)(F)F)C(=O)Cn1cnc2sccc2c1=O. The lowest BCUT2D eigenvalue weighted by Gasteiger charge is -2.18. The predicted molar refractivity (Wildman–Crippen MR) is 102 cm³/mol. The molecule has 1 aromatic carbocycles. The number of halogens is 3. The largest absolute Gasteiger partial charge is 0.418 e. The molecule has 2 aromatic heterocycles. The summed E-state index contributed by atoms with van der Waals surface area (Å²) in [6.07, 6.45) is -3.38. The van der Waals surface area contributed by atoms with Gasteiger partial charge in [-0.2, -0.15) is 13.2 Å². The van der Waals surface area contributed by atoms with Crippen LogP contribution in [0.25, 0.3) is 10.2 Å². The first-order valence-electron chi connectivity index (χ1n) is 8.29. The Bertz CT molecular complexity index is 1120. The Balaban J connectivity index is 1.66. The van der Waals surface area contributed by atoms with Crippen LogP contribution in [0.5, 0.6) is 0 Å². The molecule has 0 aliphatic heterocycles. The average molecular weight is 424 g/mol. The quantitative estimate of drug-likeness (QED) is 0.682. The number of fused-ring (bicyclic) bond motifs is 1. The number of carbonyl (C=O) groups is 2. The van der Waals surface area contributed by atoms with Gasteiger partial charge in [0.05, 0.1) is 29.5 Å². The second-order valence-electron chi connectivity index (χ2n) is 6.16. The first kappa shape index (κ1) is 20.5. The molecule has 0 fully saturated rings. The van der Waals surface area contributed by atoms with E-state index >= 15 is 0 Å². The molecule has 1 N–H and O–H groups in total. The van der Waals surface area contributed by atoms with Gasteiger partial charge >= 0.3 is 6.18 Å². The summed E-state index contributed by atoms with van der Waals surface area (Å²) in [5.41, 5.74) is -1.76. The third-order valence-electron chi connectivity index (χ3n) is 4.07. The Hall–Kier alpha value is -3.21. The van der Waals surface area contributed by atoms with E-state index in [1.807, 2.05) is 0 Å². The summed E-state index contributed by atoms with van der Waals surface area (Å²) in [7, 11) is 1.32. The van der Waals surface area contributed by atoms with Crippen molar-refractivity contribution in [3.8, 4) is 0 Å². The van der Waals surface area contributed by atoms with Gasteiger partial charge in [-0.05, 0) is 23.6 Å². The molecule has 11 heteroatoms. The molecule has 0 spiro atoms. The molecule has 0 saturated heterocycles. The molecular weight excluding hydrogens is 409 g/mol. The molecule has 7 nitrogen and oxygen atoms in total. The Morgan fingerprint density at radius 2 is 1.97 bits per heavy atom. The van der Waals surface area contributed by atoms with Crippen molar-refractivity contribution in [1.29, 1.82) is 0 Å². The van der Waals surface area contributed by atoms with Crippen molar-refractivity contribution in [3.63, 3.8) is 0 Å². The number of hydrogen-bond acceptors (Lipinski definition) is 5. The van der Waals surface area contributed by atoms with E-state index in [1.54, 1.807) is 11.4 Å². The minimum atomic E-state index is -4.62. The number of alkyl halides is 3. The van der Waals surface area contributed by atoms with Crippen LogP contribution in [0, 0.1) is 0 Å². The number of para-hydroxylation sites is 1. The van der Waals surface area contributed by atoms with Gasteiger partial charge in [-0.3, -0.25) is 19.0 Å². The van der Waals surface area contributed by atoms with Crippen molar-refractivity contribution in [2.75, 3.05) is 18.9 Å². The molecule has 3 rings (SSSR count). The lowest BCUT2D eigenvalue weighted by molar-refractivity contribution is -0.137. The number of benzene rings is 1. The predicted octanol–water partition coefficient (Wildman–Crippen LogP) is 2.57. The Labute approximate surface area is 166 Å². The van der Waals surface area contributed by atoms with Gasteiger partial charge in [0.1, 0.15) is 11.4 Å². The third-order valence-corrected chi connectivity index (χ3v) is 4.89. The van der Waals surface area contributed by atoms with E-state index < -0.39 is 35.8 Å². The maximum Gasteiger partial charge on any atom is 0.418 e. The van der Waals surface area contributed by atoms with Gasteiger partial charge in [-0.25, -0.2) is 4.98 Å². The van der Waals surface area contributed by atoms with Crippen LogP contribution in [0.2, 0.25) is 0 Å². The summed E-state index contributed by atoms with van der Waals surface area (Å²) in [5.74, 6) is -1.36. The van der Waals surface area contributed by atoms with E-state index in [2.05, 4.69) is 10.3 Å². The van der Waals surface area contributed by atoms with Crippen LogP contribution in [0.15, 0.2) is 46.8 Å². The number of thiophene rings is 1. The topological polar surface area (TPSA) is 84.3 Å². The summed E-state index contributed by atoms with van der Waals surface area (Å²) < 4.78 is 40.1. The normalized spacial score (nSPS) is 11.4. The molecule has 29 heavy (non-hydrogen) atoms. The minimum Gasteiger partial charge on any atom is -0.335 e. The maximum absolute atomic E-state index is 13.0. The van der Waals surface area contributed by atoms with Crippen LogP contribution in [0.1, 0.15) is 5.56 Å². The molecule has 3 aromatic rings. The molecule has 152 valence electrons. The highest BCUT2D eigenvalue weighted by Crippen LogP contribution is 2.34. The summed E-state index contributed by atoms with van der Waals surface area (Å²) in [4.78, 5) is 42.4. The Morgan fingerprint density at radius 3 is 2.69 bits per heavy atom. The van der Waals surface area contributed by atoms with Gasteiger partial charge in [0.15, 0.2) is 0 Å². The van der Waals surface area contributed by atoms with E-state index in [1.165, 1.54) is 36.8 Å². The molecule has 0 saturated carbocycles. The number of carbonyl (C=O) groups excluding carboxylic acids is 2. The van der Waals surface area contributed by atoms with Crippen LogP contribution in [-0.4, -0.2) is 39.9 Å². The third kappa shape index (κ3) is 4.62. The van der Waals surface area contributed by atoms with Crippen molar-refractivity contribution < 1.29 is 22.8 Å². The molecule has 0 atom stereocenters. The second-order valence-corrected chi connectivity index (χ2v) is 7.05. The average Bonchev–Trinajstić information content (AvgIpc) is 3.13. The fourth-order valence-electron chi connectivity index (χ4n) is 2.60. The first-order valence-corrected chi connectivity index (χ1v) is 9.17. The molecule has 0 aliphatic carbocycles. The smallest absolute Gasteiger partial charge is 0.335 e. The number of aromatic nitrogens is 2. The fourth-order valence-corrected chi connectivity index (χ4v) is 3.33. The zero-order valence-corrected chi connectivity index (χ0v) is 15.9. The summed E-state index contributed by atoms with van der Waals surface area (Å²) in [6, 6.07) is 6.16. The van der Waals surface area contributed by atoms with Gasteiger partial charge in [0, 0.05) is 7.05 Å². The number of likely N-dealkylation sites (N-methyl/N-ethyl adjacent to an activating group) is 1. The highest BCUT2D eigenvalue weighted by molar-refractivity contribution is 7.16. The summed E-state index contributed by atoms with van der Waals surface area (Å²) >= 11 is 1.29. The summed E-state index contributed by atoms with van der Waals surface area (Å²) in [6.45, 7) is -0.825. The summed E-state index contributed by atoms with van der Waals surface area (Å²) in [5, 5.41) is 4.26. The van der Waals surface area contributed by atoms with Gasteiger partial charge in [-0.15, -0.1) is 11.3 Å². The monoisotopic (exact) mass is 424 g/mol. The molecule has 2 amide bonds. The molecular formula is C18H15F3N4O3S.